The normalized spacial score (nSPS) is 10.6. The Labute approximate surface area is 107 Å². The van der Waals surface area contributed by atoms with Crippen molar-refractivity contribution in [3.63, 3.8) is 0 Å². The first kappa shape index (κ1) is 11.3. The van der Waals surface area contributed by atoms with Crippen molar-refractivity contribution in [1.82, 2.24) is 3.59 Å². The minimum atomic E-state index is -0.800. The molecule has 2 aromatic rings. The third kappa shape index (κ3) is 1.58. The Morgan fingerprint density at radius 2 is 1.81 bits per heavy atom. The highest BCUT2D eigenvalue weighted by Gasteiger charge is 2.12. The van der Waals surface area contributed by atoms with Crippen molar-refractivity contribution in [2.45, 2.75) is 0 Å². The van der Waals surface area contributed by atoms with E-state index in [-0.39, 0.29) is 10.2 Å². The fourth-order valence-corrected chi connectivity index (χ4v) is 2.22. The summed E-state index contributed by atoms with van der Waals surface area (Å²) in [5, 5.41) is 10.2. The van der Waals surface area contributed by atoms with E-state index in [9.17, 15) is 14.7 Å². The van der Waals surface area contributed by atoms with Crippen LogP contribution in [-0.4, -0.2) is 8.70 Å². The average molecular weight is 347 g/mol. The van der Waals surface area contributed by atoms with Crippen molar-refractivity contribution in [1.29, 1.82) is 0 Å². The second-order valence-corrected chi connectivity index (χ2v) is 4.60. The molecule has 0 atom stereocenters. The Hall–Kier alpha value is -1.14. The summed E-state index contributed by atoms with van der Waals surface area (Å²) in [5.74, 6) is -0.240. The number of halogens is 2. The molecule has 0 aliphatic rings. The number of nitrogens with zero attached hydrogens (tertiary/aromatic N) is 1. The van der Waals surface area contributed by atoms with Gasteiger partial charge in [-0.05, 0) is 28.1 Å². The van der Waals surface area contributed by atoms with Crippen LogP contribution in [0.3, 0.4) is 0 Å². The van der Waals surface area contributed by atoms with Crippen LogP contribution in [0.25, 0.3) is 10.9 Å². The van der Waals surface area contributed by atoms with Crippen molar-refractivity contribution >= 4 is 43.0 Å². The lowest BCUT2D eigenvalue weighted by Gasteiger charge is -1.97. The Balaban J connectivity index is 3.28. The molecule has 16 heavy (non-hydrogen) atoms. The predicted octanol–water partition coefficient (Wildman–Crippen LogP) is 1.99. The molecule has 0 amide bonds. The molecule has 1 heterocycles. The van der Waals surface area contributed by atoms with E-state index in [1.54, 1.807) is 24.3 Å². The largest absolute Gasteiger partial charge is 0.506 e. The van der Waals surface area contributed by atoms with Crippen LogP contribution >= 0.6 is 32.1 Å². The maximum Gasteiger partial charge on any atom is 0.310 e. The average Bonchev–Trinajstić information content (AvgIpc) is 2.38. The predicted molar refractivity (Wildman–Crippen MR) is 68.2 cm³/mol. The van der Waals surface area contributed by atoms with E-state index >= 15 is 0 Å². The van der Waals surface area contributed by atoms with E-state index in [0.717, 1.165) is 3.59 Å². The molecular weight excluding hydrogens is 342 g/mol. The van der Waals surface area contributed by atoms with Crippen LogP contribution in [0.5, 0.6) is 5.75 Å². The van der Waals surface area contributed by atoms with Crippen molar-refractivity contribution in [2.24, 2.45) is 0 Å². The van der Waals surface area contributed by atoms with Crippen LogP contribution in [0.4, 0.5) is 0 Å². The van der Waals surface area contributed by atoms with Crippen LogP contribution in [0.15, 0.2) is 38.3 Å². The Morgan fingerprint density at radius 1 is 1.19 bits per heavy atom. The van der Waals surface area contributed by atoms with Crippen LogP contribution in [0, 0.1) is 0 Å². The van der Waals surface area contributed by atoms with Crippen LogP contribution < -0.4 is 11.0 Å². The summed E-state index contributed by atoms with van der Waals surface area (Å²) in [7, 11) is 0. The Morgan fingerprint density at radius 3 is 2.50 bits per heavy atom. The maximum atomic E-state index is 11.6. The van der Waals surface area contributed by atoms with Crippen LogP contribution in [-0.2, 0) is 0 Å². The van der Waals surface area contributed by atoms with E-state index in [2.05, 4.69) is 32.1 Å². The number of hydrogen-bond donors (Lipinski definition) is 1. The molecular formula is C10H5Br2NO3. The van der Waals surface area contributed by atoms with E-state index < -0.39 is 11.0 Å². The zero-order valence-corrected chi connectivity index (χ0v) is 10.9. The van der Waals surface area contributed by atoms with Gasteiger partial charge in [0.1, 0.15) is 10.2 Å². The van der Waals surface area contributed by atoms with Gasteiger partial charge in [-0.3, -0.25) is 9.59 Å². The van der Waals surface area contributed by atoms with Crippen LogP contribution in [0.2, 0.25) is 0 Å². The first-order valence-corrected chi connectivity index (χ1v) is 5.77. The third-order valence-electron chi connectivity index (χ3n) is 2.15. The molecule has 0 spiro atoms. The molecule has 0 bridgehead atoms. The van der Waals surface area contributed by atoms with Crippen molar-refractivity contribution in [3.05, 3.63) is 49.3 Å². The fourth-order valence-electron chi connectivity index (χ4n) is 1.36. The molecule has 0 fully saturated rings. The number of aromatic nitrogens is 1. The molecule has 1 N–H and O–H groups in total. The van der Waals surface area contributed by atoms with E-state index in [1.165, 1.54) is 0 Å². The number of rotatable bonds is 0. The summed E-state index contributed by atoms with van der Waals surface area (Å²) in [6, 6.07) is 6.65. The second kappa shape index (κ2) is 4.03. The highest BCUT2D eigenvalue weighted by Crippen LogP contribution is 2.27. The summed E-state index contributed by atoms with van der Waals surface area (Å²) in [6.45, 7) is 0. The minimum absolute atomic E-state index is 0.132. The summed E-state index contributed by atoms with van der Waals surface area (Å²) in [4.78, 5) is 23.2. The Bertz CT molecular complexity index is 694. The molecule has 4 nitrogen and oxygen atoms in total. The fraction of sp³-hybridized carbons (Fsp3) is 0. The highest BCUT2D eigenvalue weighted by atomic mass is 79.9. The van der Waals surface area contributed by atoms with Gasteiger partial charge in [-0.1, -0.05) is 12.1 Å². The monoisotopic (exact) mass is 345 g/mol. The SMILES string of the molecule is O=c1c(Br)c(O)c2ccccc2n(Br)c1=O. The van der Waals surface area contributed by atoms with Crippen molar-refractivity contribution in [3.8, 4) is 5.75 Å². The summed E-state index contributed by atoms with van der Waals surface area (Å²) >= 11 is 5.92. The minimum Gasteiger partial charge on any atom is -0.506 e. The lowest BCUT2D eigenvalue weighted by Crippen LogP contribution is -2.27. The number of para-hydroxylation sites is 1. The lowest BCUT2D eigenvalue weighted by atomic mass is 10.2. The van der Waals surface area contributed by atoms with Gasteiger partial charge in [0.15, 0.2) is 0 Å². The molecule has 1 aromatic carbocycles. The van der Waals surface area contributed by atoms with Crippen molar-refractivity contribution < 1.29 is 5.11 Å². The van der Waals surface area contributed by atoms with Gasteiger partial charge in [-0.25, -0.2) is 3.59 Å². The zero-order chi connectivity index (χ0) is 11.9. The Kier molecular flexibility index (Phi) is 2.86. The first-order valence-electron chi connectivity index (χ1n) is 4.26. The van der Waals surface area contributed by atoms with Gasteiger partial charge in [0.05, 0.1) is 21.7 Å². The van der Waals surface area contributed by atoms with Gasteiger partial charge in [0.25, 0.3) is 5.43 Å². The molecule has 1 aromatic heterocycles. The third-order valence-corrected chi connectivity index (χ3v) is 3.59. The number of aromatic hydroxyl groups is 1. The van der Waals surface area contributed by atoms with E-state index in [1.807, 2.05) is 0 Å². The van der Waals surface area contributed by atoms with Crippen LogP contribution in [0.1, 0.15) is 0 Å². The molecule has 0 radical (unpaired) electrons. The van der Waals surface area contributed by atoms with Gasteiger partial charge in [0.2, 0.25) is 0 Å². The molecule has 2 rings (SSSR count). The highest BCUT2D eigenvalue weighted by molar-refractivity contribution is 9.10. The summed E-state index contributed by atoms with van der Waals surface area (Å²) in [5.41, 5.74) is -1.14. The molecule has 0 aliphatic heterocycles. The van der Waals surface area contributed by atoms with Gasteiger partial charge in [0, 0.05) is 5.39 Å². The smallest absolute Gasteiger partial charge is 0.310 e. The van der Waals surface area contributed by atoms with Gasteiger partial charge < -0.3 is 5.11 Å². The standard InChI is InChI=1S/C10H5Br2NO3/c11-7-8(14)5-3-1-2-4-6(5)13(12)10(16)9(7)15/h1-4,14H. The van der Waals surface area contributed by atoms with Gasteiger partial charge >= 0.3 is 5.56 Å². The second-order valence-electron chi connectivity index (χ2n) is 3.09. The van der Waals surface area contributed by atoms with Crippen molar-refractivity contribution in [2.75, 3.05) is 0 Å². The summed E-state index contributed by atoms with van der Waals surface area (Å²) in [6.07, 6.45) is 0. The molecule has 6 heteroatoms. The summed E-state index contributed by atoms with van der Waals surface area (Å²) < 4.78 is 0.904. The van der Waals surface area contributed by atoms with Gasteiger partial charge in [-0.15, -0.1) is 0 Å². The van der Waals surface area contributed by atoms with E-state index in [0.29, 0.717) is 10.9 Å². The quantitative estimate of drug-likeness (QED) is 0.742. The number of benzene rings is 1. The van der Waals surface area contributed by atoms with E-state index in [4.69, 9.17) is 0 Å². The molecule has 82 valence electrons. The number of fused-ring (bicyclic) bond motifs is 1. The zero-order valence-electron chi connectivity index (χ0n) is 7.78. The first-order chi connectivity index (χ1) is 7.54. The maximum absolute atomic E-state index is 11.6. The number of hydrogen-bond acceptors (Lipinski definition) is 3. The van der Waals surface area contributed by atoms with Gasteiger partial charge in [-0.2, -0.15) is 0 Å². The molecule has 0 unspecified atom stereocenters. The molecule has 0 saturated heterocycles. The lowest BCUT2D eigenvalue weighted by molar-refractivity contribution is 0.478. The molecule has 0 saturated carbocycles. The molecule has 0 aliphatic carbocycles. The topological polar surface area (TPSA) is 59.3 Å².